The Morgan fingerprint density at radius 2 is 1.92 bits per heavy atom. The van der Waals surface area contributed by atoms with Crippen LogP contribution >= 0.6 is 11.8 Å². The predicted molar refractivity (Wildman–Crippen MR) is 97.7 cm³/mol. The summed E-state index contributed by atoms with van der Waals surface area (Å²) in [5.74, 6) is 0.606. The quantitative estimate of drug-likeness (QED) is 0.449. The van der Waals surface area contributed by atoms with E-state index >= 15 is 0 Å². The smallest absolute Gasteiger partial charge is 0.269 e. The maximum Gasteiger partial charge on any atom is 0.269 e. The molecular formula is C17H17N3O4S. The van der Waals surface area contributed by atoms with Gasteiger partial charge in [-0.25, -0.2) is 5.43 Å². The molecule has 0 bridgehead atoms. The Bertz CT molecular complexity index is 791. The molecule has 2 aromatic rings. The van der Waals surface area contributed by atoms with Crippen LogP contribution < -0.4 is 5.43 Å². The van der Waals surface area contributed by atoms with Crippen LogP contribution in [0.5, 0.6) is 5.75 Å². The molecule has 0 aliphatic heterocycles. The number of phenolic OH excluding ortho intramolecular Hbond substituents is 1. The standard InChI is InChI=1S/C17H17N3O4S/c1-12(15-4-2-3-5-16(15)21)18-19-17(22)11-25-10-13-6-8-14(9-7-13)20(23)24/h2-9,21H,10-11H2,1H3,(H,19,22)/b18-12+. The van der Waals surface area contributed by atoms with Crippen molar-refractivity contribution in [1.82, 2.24) is 5.43 Å². The Morgan fingerprint density at radius 1 is 1.24 bits per heavy atom. The molecule has 7 nitrogen and oxygen atoms in total. The summed E-state index contributed by atoms with van der Waals surface area (Å²) in [6.07, 6.45) is 0. The number of hydrogen-bond donors (Lipinski definition) is 2. The fraction of sp³-hybridized carbons (Fsp3) is 0.176. The molecule has 2 rings (SSSR count). The lowest BCUT2D eigenvalue weighted by Gasteiger charge is -2.05. The summed E-state index contributed by atoms with van der Waals surface area (Å²) in [4.78, 5) is 21.9. The number of nitrogens with zero attached hydrogens (tertiary/aromatic N) is 2. The van der Waals surface area contributed by atoms with Gasteiger partial charge in [-0.2, -0.15) is 5.10 Å². The first-order valence-electron chi connectivity index (χ1n) is 7.40. The lowest BCUT2D eigenvalue weighted by Crippen LogP contribution is -2.21. The monoisotopic (exact) mass is 359 g/mol. The van der Waals surface area contributed by atoms with Gasteiger partial charge in [0.25, 0.3) is 5.69 Å². The molecule has 0 aromatic heterocycles. The van der Waals surface area contributed by atoms with Crippen LogP contribution in [0.25, 0.3) is 0 Å². The van der Waals surface area contributed by atoms with Crippen LogP contribution in [0.2, 0.25) is 0 Å². The average Bonchev–Trinajstić information content (AvgIpc) is 2.60. The number of nitro benzene ring substituents is 1. The van der Waals surface area contributed by atoms with Crippen molar-refractivity contribution in [3.8, 4) is 5.75 Å². The summed E-state index contributed by atoms with van der Waals surface area (Å²) < 4.78 is 0. The Morgan fingerprint density at radius 3 is 2.56 bits per heavy atom. The van der Waals surface area contributed by atoms with E-state index in [4.69, 9.17) is 0 Å². The van der Waals surface area contributed by atoms with E-state index in [0.29, 0.717) is 17.0 Å². The zero-order chi connectivity index (χ0) is 18.2. The average molecular weight is 359 g/mol. The molecule has 0 saturated heterocycles. The van der Waals surface area contributed by atoms with Gasteiger partial charge in [0, 0.05) is 23.4 Å². The van der Waals surface area contributed by atoms with Crippen LogP contribution in [0, 0.1) is 10.1 Å². The van der Waals surface area contributed by atoms with Crippen molar-refractivity contribution in [2.75, 3.05) is 5.75 Å². The van der Waals surface area contributed by atoms with Gasteiger partial charge in [-0.1, -0.05) is 24.3 Å². The third-order valence-electron chi connectivity index (χ3n) is 3.29. The van der Waals surface area contributed by atoms with E-state index in [-0.39, 0.29) is 23.1 Å². The van der Waals surface area contributed by atoms with Crippen molar-refractivity contribution in [3.05, 3.63) is 69.8 Å². The van der Waals surface area contributed by atoms with Crippen LogP contribution in [0.3, 0.4) is 0 Å². The molecule has 130 valence electrons. The van der Waals surface area contributed by atoms with Gasteiger partial charge in [0.05, 0.1) is 16.4 Å². The van der Waals surface area contributed by atoms with E-state index in [0.717, 1.165) is 5.56 Å². The number of phenols is 1. The molecule has 0 spiro atoms. The maximum absolute atomic E-state index is 11.8. The molecule has 0 atom stereocenters. The highest BCUT2D eigenvalue weighted by atomic mass is 32.2. The Balaban J connectivity index is 1.80. The number of rotatable bonds is 7. The number of nitro groups is 1. The topological polar surface area (TPSA) is 105 Å². The number of thioether (sulfide) groups is 1. The number of hydrazone groups is 1. The van der Waals surface area contributed by atoms with Gasteiger partial charge in [-0.05, 0) is 24.6 Å². The van der Waals surface area contributed by atoms with E-state index in [1.807, 2.05) is 0 Å². The first kappa shape index (κ1) is 18.5. The van der Waals surface area contributed by atoms with Crippen molar-refractivity contribution in [2.45, 2.75) is 12.7 Å². The number of para-hydroxylation sites is 1. The molecule has 0 radical (unpaired) electrons. The van der Waals surface area contributed by atoms with Crippen molar-refractivity contribution in [1.29, 1.82) is 0 Å². The number of amides is 1. The molecule has 8 heteroatoms. The Hall–Kier alpha value is -2.87. The van der Waals surface area contributed by atoms with Crippen molar-refractivity contribution < 1.29 is 14.8 Å². The van der Waals surface area contributed by atoms with Crippen LogP contribution in [-0.4, -0.2) is 27.4 Å². The highest BCUT2D eigenvalue weighted by molar-refractivity contribution is 7.99. The van der Waals surface area contributed by atoms with Crippen LogP contribution in [-0.2, 0) is 10.5 Å². The van der Waals surface area contributed by atoms with Gasteiger partial charge >= 0.3 is 0 Å². The van der Waals surface area contributed by atoms with E-state index in [1.165, 1.54) is 23.9 Å². The summed E-state index contributed by atoms with van der Waals surface area (Å²) in [6, 6.07) is 13.0. The number of benzene rings is 2. The Labute approximate surface area is 148 Å². The fourth-order valence-corrected chi connectivity index (χ4v) is 2.77. The van der Waals surface area contributed by atoms with Gasteiger partial charge in [-0.3, -0.25) is 14.9 Å². The van der Waals surface area contributed by atoms with Crippen LogP contribution in [0.4, 0.5) is 5.69 Å². The van der Waals surface area contributed by atoms with Gasteiger partial charge in [0.15, 0.2) is 0 Å². The summed E-state index contributed by atoms with van der Waals surface area (Å²) in [5, 5.41) is 24.3. The van der Waals surface area contributed by atoms with E-state index < -0.39 is 4.92 Å². The van der Waals surface area contributed by atoms with Crippen LogP contribution in [0.15, 0.2) is 53.6 Å². The third-order valence-corrected chi connectivity index (χ3v) is 4.29. The van der Waals surface area contributed by atoms with Crippen molar-refractivity contribution >= 4 is 29.1 Å². The first-order valence-corrected chi connectivity index (χ1v) is 8.55. The van der Waals surface area contributed by atoms with E-state index in [2.05, 4.69) is 10.5 Å². The minimum Gasteiger partial charge on any atom is -0.507 e. The van der Waals surface area contributed by atoms with Gasteiger partial charge in [0.1, 0.15) is 5.75 Å². The molecule has 1 amide bonds. The number of carbonyl (C=O) groups excluding carboxylic acids is 1. The molecule has 0 heterocycles. The highest BCUT2D eigenvalue weighted by Crippen LogP contribution is 2.17. The largest absolute Gasteiger partial charge is 0.507 e. The van der Waals surface area contributed by atoms with Gasteiger partial charge < -0.3 is 5.11 Å². The Kier molecular flexibility index (Phi) is 6.53. The second-order valence-corrected chi connectivity index (χ2v) is 6.15. The molecule has 0 unspecified atom stereocenters. The lowest BCUT2D eigenvalue weighted by atomic mass is 10.1. The number of aromatic hydroxyl groups is 1. The minimum atomic E-state index is -0.449. The third kappa shape index (κ3) is 5.61. The fourth-order valence-electron chi connectivity index (χ4n) is 1.99. The maximum atomic E-state index is 11.8. The second-order valence-electron chi connectivity index (χ2n) is 5.17. The molecule has 0 aliphatic carbocycles. The number of non-ortho nitro benzene ring substituents is 1. The molecular weight excluding hydrogens is 342 g/mol. The highest BCUT2D eigenvalue weighted by Gasteiger charge is 2.07. The summed E-state index contributed by atoms with van der Waals surface area (Å²) in [5.41, 5.74) is 4.45. The normalized spacial score (nSPS) is 11.2. The number of nitrogens with one attached hydrogen (secondary N) is 1. The SMILES string of the molecule is C/C(=N\NC(=O)CSCc1ccc([N+](=O)[O-])cc1)c1ccccc1O. The predicted octanol–water partition coefficient (Wildman–Crippen LogP) is 3.07. The van der Waals surface area contributed by atoms with Crippen molar-refractivity contribution in [2.24, 2.45) is 5.10 Å². The minimum absolute atomic E-state index is 0.0421. The molecule has 25 heavy (non-hydrogen) atoms. The molecule has 2 N–H and O–H groups in total. The molecule has 2 aromatic carbocycles. The first-order chi connectivity index (χ1) is 12.0. The van der Waals surface area contributed by atoms with Gasteiger partial charge in [-0.15, -0.1) is 11.8 Å². The molecule has 0 saturated carbocycles. The van der Waals surface area contributed by atoms with Gasteiger partial charge in [0.2, 0.25) is 5.91 Å². The molecule has 0 fully saturated rings. The zero-order valence-corrected chi connectivity index (χ0v) is 14.3. The van der Waals surface area contributed by atoms with E-state index in [1.54, 1.807) is 43.3 Å². The molecule has 0 aliphatic rings. The summed E-state index contributed by atoms with van der Waals surface area (Å²) in [7, 11) is 0. The summed E-state index contributed by atoms with van der Waals surface area (Å²) >= 11 is 1.38. The number of hydrogen-bond acceptors (Lipinski definition) is 6. The van der Waals surface area contributed by atoms with Crippen LogP contribution in [0.1, 0.15) is 18.1 Å². The summed E-state index contributed by atoms with van der Waals surface area (Å²) in [6.45, 7) is 1.69. The number of carbonyl (C=O) groups is 1. The van der Waals surface area contributed by atoms with E-state index in [9.17, 15) is 20.0 Å². The lowest BCUT2D eigenvalue weighted by molar-refractivity contribution is -0.384. The van der Waals surface area contributed by atoms with Crippen molar-refractivity contribution in [3.63, 3.8) is 0 Å². The second kappa shape index (κ2) is 8.84. The zero-order valence-electron chi connectivity index (χ0n) is 13.5.